The number of ether oxygens (including phenoxy) is 1. The molecule has 1 aliphatic rings. The van der Waals surface area contributed by atoms with E-state index in [2.05, 4.69) is 14.5 Å². The Morgan fingerprint density at radius 3 is 3.16 bits per heavy atom. The van der Waals surface area contributed by atoms with Crippen LogP contribution in [0.3, 0.4) is 0 Å². The minimum absolute atomic E-state index is 0.485. The van der Waals surface area contributed by atoms with Gasteiger partial charge < -0.3 is 9.30 Å². The molecule has 0 fully saturated rings. The van der Waals surface area contributed by atoms with E-state index in [1.807, 2.05) is 18.5 Å². The van der Waals surface area contributed by atoms with Crippen LogP contribution in [0.2, 0.25) is 0 Å². The first-order valence-corrected chi connectivity index (χ1v) is 6.34. The van der Waals surface area contributed by atoms with Crippen LogP contribution in [0, 0.1) is 17.2 Å². The third kappa shape index (κ3) is 2.58. The van der Waals surface area contributed by atoms with Gasteiger partial charge in [-0.2, -0.15) is 5.26 Å². The van der Waals surface area contributed by atoms with Gasteiger partial charge in [-0.05, 0) is 12.5 Å². The van der Waals surface area contributed by atoms with Crippen molar-refractivity contribution in [3.05, 3.63) is 42.1 Å². The van der Waals surface area contributed by atoms with E-state index in [-0.39, 0.29) is 0 Å². The van der Waals surface area contributed by atoms with E-state index in [9.17, 15) is 0 Å². The van der Waals surface area contributed by atoms with E-state index in [1.165, 1.54) is 6.20 Å². The van der Waals surface area contributed by atoms with Crippen LogP contribution in [0.5, 0.6) is 5.88 Å². The summed E-state index contributed by atoms with van der Waals surface area (Å²) in [7, 11) is 0. The zero-order chi connectivity index (χ0) is 13.1. The maximum atomic E-state index is 8.70. The molecule has 3 rings (SSSR count). The number of imidazole rings is 1. The Bertz CT molecular complexity index is 597. The summed E-state index contributed by atoms with van der Waals surface area (Å²) in [4.78, 5) is 8.41. The highest BCUT2D eigenvalue weighted by molar-refractivity contribution is 5.28. The maximum absolute atomic E-state index is 8.70. The van der Waals surface area contributed by atoms with E-state index in [4.69, 9.17) is 10.00 Å². The van der Waals surface area contributed by atoms with Crippen LogP contribution in [-0.2, 0) is 13.0 Å². The lowest BCUT2D eigenvalue weighted by Gasteiger charge is -2.23. The summed E-state index contributed by atoms with van der Waals surface area (Å²) in [6, 6.07) is 5.50. The van der Waals surface area contributed by atoms with Gasteiger partial charge in [0, 0.05) is 43.5 Å². The molecule has 0 amide bonds. The maximum Gasteiger partial charge on any atom is 0.213 e. The van der Waals surface area contributed by atoms with Gasteiger partial charge in [-0.1, -0.05) is 0 Å². The first-order chi connectivity index (χ1) is 9.35. The van der Waals surface area contributed by atoms with E-state index in [0.29, 0.717) is 24.0 Å². The average molecular weight is 254 g/mol. The molecule has 19 heavy (non-hydrogen) atoms. The summed E-state index contributed by atoms with van der Waals surface area (Å²) in [6.07, 6.45) is 7.49. The number of pyridine rings is 1. The van der Waals surface area contributed by atoms with Gasteiger partial charge in [0.15, 0.2) is 0 Å². The predicted molar refractivity (Wildman–Crippen MR) is 68.5 cm³/mol. The summed E-state index contributed by atoms with van der Waals surface area (Å²) in [5.74, 6) is 2.22. The molecule has 0 bridgehead atoms. The summed E-state index contributed by atoms with van der Waals surface area (Å²) < 4.78 is 7.87. The first kappa shape index (κ1) is 11.7. The third-order valence-corrected chi connectivity index (χ3v) is 3.37. The van der Waals surface area contributed by atoms with Crippen molar-refractivity contribution in [2.24, 2.45) is 5.92 Å². The van der Waals surface area contributed by atoms with Crippen molar-refractivity contribution in [1.82, 2.24) is 14.5 Å². The zero-order valence-corrected chi connectivity index (χ0v) is 10.5. The molecule has 5 nitrogen and oxygen atoms in total. The molecule has 2 aromatic rings. The molecule has 0 N–H and O–H groups in total. The van der Waals surface area contributed by atoms with E-state index in [1.54, 1.807) is 12.1 Å². The van der Waals surface area contributed by atoms with Crippen molar-refractivity contribution >= 4 is 0 Å². The van der Waals surface area contributed by atoms with Gasteiger partial charge in [0.1, 0.15) is 11.9 Å². The fourth-order valence-corrected chi connectivity index (χ4v) is 2.31. The Morgan fingerprint density at radius 1 is 1.42 bits per heavy atom. The van der Waals surface area contributed by atoms with Crippen LogP contribution in [0.25, 0.3) is 0 Å². The average Bonchev–Trinajstić information content (AvgIpc) is 2.93. The second kappa shape index (κ2) is 5.11. The molecule has 1 unspecified atom stereocenters. The minimum Gasteiger partial charge on any atom is -0.477 e. The Kier molecular flexibility index (Phi) is 3.15. The fraction of sp³-hybridized carbons (Fsp3) is 0.357. The standard InChI is InChI=1S/C14H14N4O/c15-7-11-2-4-14(17-8-11)19-10-12-1-3-13-16-5-6-18(13)9-12/h2,4-6,8,12H,1,3,9-10H2. The highest BCUT2D eigenvalue weighted by Gasteiger charge is 2.19. The Labute approximate surface area is 111 Å². The third-order valence-electron chi connectivity index (χ3n) is 3.37. The zero-order valence-electron chi connectivity index (χ0n) is 10.5. The number of hydrogen-bond donors (Lipinski definition) is 0. The molecule has 5 heteroatoms. The Morgan fingerprint density at radius 2 is 2.37 bits per heavy atom. The van der Waals surface area contributed by atoms with Crippen molar-refractivity contribution in [3.8, 4) is 11.9 Å². The van der Waals surface area contributed by atoms with Crippen LogP contribution in [-0.4, -0.2) is 21.1 Å². The highest BCUT2D eigenvalue weighted by atomic mass is 16.5. The molecule has 0 aliphatic carbocycles. The molecule has 3 heterocycles. The molecule has 0 radical (unpaired) electrons. The topological polar surface area (TPSA) is 63.7 Å². The SMILES string of the molecule is N#Cc1ccc(OCC2CCc3nccn3C2)nc1. The molecule has 1 aliphatic heterocycles. The molecule has 0 saturated heterocycles. The smallest absolute Gasteiger partial charge is 0.213 e. The Hall–Kier alpha value is -2.35. The number of fused-ring (bicyclic) bond motifs is 1. The quantitative estimate of drug-likeness (QED) is 0.837. The number of rotatable bonds is 3. The van der Waals surface area contributed by atoms with Crippen LogP contribution in [0.1, 0.15) is 17.8 Å². The fourth-order valence-electron chi connectivity index (χ4n) is 2.31. The van der Waals surface area contributed by atoms with Gasteiger partial charge in [0.25, 0.3) is 0 Å². The van der Waals surface area contributed by atoms with Crippen molar-refractivity contribution < 1.29 is 4.74 Å². The predicted octanol–water partition coefficient (Wildman–Crippen LogP) is 1.79. The number of nitriles is 1. The van der Waals surface area contributed by atoms with Crippen molar-refractivity contribution in [3.63, 3.8) is 0 Å². The second-order valence-electron chi connectivity index (χ2n) is 4.71. The highest BCUT2D eigenvalue weighted by Crippen LogP contribution is 2.19. The number of aromatic nitrogens is 3. The summed E-state index contributed by atoms with van der Waals surface area (Å²) >= 11 is 0. The lowest BCUT2D eigenvalue weighted by Crippen LogP contribution is -2.25. The van der Waals surface area contributed by atoms with Gasteiger partial charge in [-0.15, -0.1) is 0 Å². The summed E-state index contributed by atoms with van der Waals surface area (Å²) in [5.41, 5.74) is 0.549. The number of hydrogen-bond acceptors (Lipinski definition) is 4. The first-order valence-electron chi connectivity index (χ1n) is 6.34. The molecule has 2 aromatic heterocycles. The molecular weight excluding hydrogens is 240 g/mol. The summed E-state index contributed by atoms with van der Waals surface area (Å²) in [6.45, 7) is 1.60. The largest absolute Gasteiger partial charge is 0.477 e. The van der Waals surface area contributed by atoms with Crippen LogP contribution < -0.4 is 4.74 Å². The molecule has 1 atom stereocenters. The van der Waals surface area contributed by atoms with E-state index in [0.717, 1.165) is 25.2 Å². The Balaban J connectivity index is 1.57. The monoisotopic (exact) mass is 254 g/mol. The van der Waals surface area contributed by atoms with Crippen molar-refractivity contribution in [2.45, 2.75) is 19.4 Å². The van der Waals surface area contributed by atoms with Gasteiger partial charge >= 0.3 is 0 Å². The van der Waals surface area contributed by atoms with Crippen LogP contribution >= 0.6 is 0 Å². The molecule has 0 spiro atoms. The molecule has 0 saturated carbocycles. The van der Waals surface area contributed by atoms with Gasteiger partial charge in [0.2, 0.25) is 5.88 Å². The number of nitrogens with zero attached hydrogens (tertiary/aromatic N) is 4. The summed E-state index contributed by atoms with van der Waals surface area (Å²) in [5, 5.41) is 8.70. The molecule has 0 aromatic carbocycles. The van der Waals surface area contributed by atoms with Gasteiger partial charge in [0.05, 0.1) is 12.2 Å². The number of aryl methyl sites for hydroxylation is 1. The van der Waals surface area contributed by atoms with Crippen molar-refractivity contribution in [1.29, 1.82) is 5.26 Å². The van der Waals surface area contributed by atoms with E-state index >= 15 is 0 Å². The van der Waals surface area contributed by atoms with Gasteiger partial charge in [-0.25, -0.2) is 9.97 Å². The van der Waals surface area contributed by atoms with Crippen LogP contribution in [0.4, 0.5) is 0 Å². The lowest BCUT2D eigenvalue weighted by atomic mass is 10.0. The molecule has 96 valence electrons. The van der Waals surface area contributed by atoms with Gasteiger partial charge in [-0.3, -0.25) is 0 Å². The lowest BCUT2D eigenvalue weighted by molar-refractivity contribution is 0.203. The molecular formula is C14H14N4O. The minimum atomic E-state index is 0.485. The second-order valence-corrected chi connectivity index (χ2v) is 4.71. The van der Waals surface area contributed by atoms with Crippen LogP contribution in [0.15, 0.2) is 30.7 Å². The van der Waals surface area contributed by atoms with Crippen molar-refractivity contribution in [2.75, 3.05) is 6.61 Å². The normalized spacial score (nSPS) is 17.5. The van der Waals surface area contributed by atoms with E-state index < -0.39 is 0 Å².